The van der Waals surface area contributed by atoms with Crippen LogP contribution in [0.4, 0.5) is 13.2 Å². The fourth-order valence-electron chi connectivity index (χ4n) is 4.93. The van der Waals surface area contributed by atoms with Crippen molar-refractivity contribution in [1.82, 2.24) is 14.6 Å². The monoisotopic (exact) mass is 486 g/mol. The number of oxazole rings is 1. The topological polar surface area (TPSA) is 119 Å². The highest BCUT2D eigenvalue weighted by Crippen LogP contribution is 2.42. The van der Waals surface area contributed by atoms with Crippen LogP contribution in [0.5, 0.6) is 0 Å². The van der Waals surface area contributed by atoms with Crippen LogP contribution in [0.2, 0.25) is 0 Å². The van der Waals surface area contributed by atoms with Gasteiger partial charge in [-0.1, -0.05) is 0 Å². The van der Waals surface area contributed by atoms with Gasteiger partial charge in [0.05, 0.1) is 11.9 Å². The van der Waals surface area contributed by atoms with Crippen LogP contribution in [0.1, 0.15) is 41.8 Å². The molecule has 0 spiro atoms. The third-order valence-electron chi connectivity index (χ3n) is 6.48. The number of sulfonamides is 1. The van der Waals surface area contributed by atoms with Crippen molar-refractivity contribution in [2.45, 2.75) is 50.2 Å². The SMILES string of the molecule is N[C@H](Cc1cc(F)c(F)cc1F)[C@@H]1C[C@H]2CC[C@@H](C1)N2S(=O)(=O)CCNC(=O)c1cnco1. The Hall–Kier alpha value is -2.44. The van der Waals surface area contributed by atoms with Crippen LogP contribution in [-0.4, -0.2) is 54.0 Å². The molecule has 1 aromatic heterocycles. The van der Waals surface area contributed by atoms with Crippen molar-refractivity contribution >= 4 is 15.9 Å². The lowest BCUT2D eigenvalue weighted by atomic mass is 9.83. The van der Waals surface area contributed by atoms with E-state index in [1.807, 2.05) is 0 Å². The summed E-state index contributed by atoms with van der Waals surface area (Å²) in [5, 5.41) is 2.51. The highest BCUT2D eigenvalue weighted by Gasteiger charge is 2.47. The maximum absolute atomic E-state index is 14.0. The number of nitrogens with zero attached hydrogens (tertiary/aromatic N) is 2. The second kappa shape index (κ2) is 9.43. The van der Waals surface area contributed by atoms with Gasteiger partial charge in [-0.05, 0) is 49.7 Å². The van der Waals surface area contributed by atoms with Gasteiger partial charge in [-0.25, -0.2) is 26.6 Å². The summed E-state index contributed by atoms with van der Waals surface area (Å²) in [6.07, 6.45) is 4.78. The highest BCUT2D eigenvalue weighted by molar-refractivity contribution is 7.89. The molecule has 8 nitrogen and oxygen atoms in total. The fourth-order valence-corrected chi connectivity index (χ4v) is 6.80. The van der Waals surface area contributed by atoms with Gasteiger partial charge in [0.25, 0.3) is 5.91 Å². The maximum atomic E-state index is 14.0. The molecule has 4 atom stereocenters. The number of hydrogen-bond acceptors (Lipinski definition) is 6. The number of hydrogen-bond donors (Lipinski definition) is 2. The van der Waals surface area contributed by atoms with E-state index >= 15 is 0 Å². The van der Waals surface area contributed by atoms with Gasteiger partial charge in [0, 0.05) is 30.7 Å². The molecule has 2 aliphatic rings. The molecule has 3 N–H and O–H groups in total. The van der Waals surface area contributed by atoms with Crippen LogP contribution in [0.25, 0.3) is 0 Å². The van der Waals surface area contributed by atoms with Gasteiger partial charge < -0.3 is 15.5 Å². The van der Waals surface area contributed by atoms with E-state index in [0.717, 1.165) is 12.5 Å². The lowest BCUT2D eigenvalue weighted by Gasteiger charge is -2.40. The van der Waals surface area contributed by atoms with E-state index in [1.165, 1.54) is 10.5 Å². The summed E-state index contributed by atoms with van der Waals surface area (Å²) in [5.74, 6) is -4.10. The molecular weight excluding hydrogens is 461 g/mol. The van der Waals surface area contributed by atoms with Crippen LogP contribution < -0.4 is 11.1 Å². The predicted molar refractivity (Wildman–Crippen MR) is 112 cm³/mol. The maximum Gasteiger partial charge on any atom is 0.288 e. The van der Waals surface area contributed by atoms with Crippen LogP contribution in [-0.2, 0) is 16.4 Å². The molecule has 2 saturated heterocycles. The summed E-state index contributed by atoms with van der Waals surface area (Å²) in [6.45, 7) is -0.0733. The van der Waals surface area contributed by atoms with E-state index in [2.05, 4.69) is 10.3 Å². The number of amides is 1. The van der Waals surface area contributed by atoms with E-state index in [1.54, 1.807) is 0 Å². The zero-order valence-electron chi connectivity index (χ0n) is 17.7. The quantitative estimate of drug-likeness (QED) is 0.551. The van der Waals surface area contributed by atoms with Gasteiger partial charge in [0.15, 0.2) is 18.0 Å². The van der Waals surface area contributed by atoms with E-state index in [0.29, 0.717) is 31.7 Å². The molecule has 12 heteroatoms. The van der Waals surface area contributed by atoms with Gasteiger partial charge in [-0.2, -0.15) is 4.31 Å². The molecule has 1 aromatic carbocycles. The third kappa shape index (κ3) is 5.07. The Kier molecular flexibility index (Phi) is 6.78. The molecule has 2 aliphatic heterocycles. The number of piperidine rings is 1. The minimum atomic E-state index is -3.63. The van der Waals surface area contributed by atoms with Crippen LogP contribution in [0.15, 0.2) is 29.1 Å². The first-order valence-electron chi connectivity index (χ1n) is 10.7. The molecule has 2 bridgehead atoms. The molecular formula is C21H25F3N4O4S. The van der Waals surface area contributed by atoms with Gasteiger partial charge in [-0.15, -0.1) is 0 Å². The molecule has 4 rings (SSSR count). The summed E-state index contributed by atoms with van der Waals surface area (Å²) in [5.41, 5.74) is 6.30. The second-order valence-corrected chi connectivity index (χ2v) is 10.6. The Labute approximate surface area is 189 Å². The number of fused-ring (bicyclic) bond motifs is 2. The average Bonchev–Trinajstić information content (AvgIpc) is 3.39. The normalized spacial score (nSPS) is 24.1. The smallest absolute Gasteiger partial charge is 0.288 e. The molecule has 0 aliphatic carbocycles. The van der Waals surface area contributed by atoms with E-state index < -0.39 is 39.4 Å². The molecule has 1 amide bonds. The van der Waals surface area contributed by atoms with Crippen LogP contribution >= 0.6 is 0 Å². The minimum Gasteiger partial charge on any atom is -0.438 e. The largest absolute Gasteiger partial charge is 0.438 e. The van der Waals surface area contributed by atoms with Crippen molar-refractivity contribution in [3.8, 4) is 0 Å². The average molecular weight is 487 g/mol. The number of carbonyl (C=O) groups is 1. The minimum absolute atomic E-state index is 0.000239. The molecule has 0 saturated carbocycles. The molecule has 0 radical (unpaired) electrons. The summed E-state index contributed by atoms with van der Waals surface area (Å²) < 4.78 is 73.1. The summed E-state index contributed by atoms with van der Waals surface area (Å²) in [7, 11) is -3.63. The zero-order valence-corrected chi connectivity index (χ0v) is 18.5. The van der Waals surface area contributed by atoms with Gasteiger partial charge in [0.2, 0.25) is 15.8 Å². The van der Waals surface area contributed by atoms with Crippen molar-refractivity contribution in [3.63, 3.8) is 0 Å². The first kappa shape index (κ1) is 23.7. The Morgan fingerprint density at radius 2 is 1.85 bits per heavy atom. The van der Waals surface area contributed by atoms with Crippen molar-refractivity contribution in [2.24, 2.45) is 11.7 Å². The van der Waals surface area contributed by atoms with E-state index in [9.17, 15) is 26.4 Å². The van der Waals surface area contributed by atoms with E-state index in [4.69, 9.17) is 10.2 Å². The molecule has 180 valence electrons. The first-order valence-corrected chi connectivity index (χ1v) is 12.3. The third-order valence-corrected chi connectivity index (χ3v) is 8.43. The molecule has 33 heavy (non-hydrogen) atoms. The standard InChI is InChI=1S/C21H25F3N4O4S/c22-16-9-18(24)17(23)7-12(16)8-19(25)13-5-14-1-2-15(6-13)28(14)33(30,31)4-3-27-21(29)20-10-26-11-32-20/h7,9-11,13-15,19H,1-6,8,25H2,(H,27,29)/t13-,14-,15+,19-/m1/s1. The van der Waals surface area contributed by atoms with Crippen LogP contribution in [0.3, 0.4) is 0 Å². The van der Waals surface area contributed by atoms with Crippen LogP contribution in [0, 0.1) is 23.4 Å². The summed E-state index contributed by atoms with van der Waals surface area (Å²) in [4.78, 5) is 15.5. The summed E-state index contributed by atoms with van der Waals surface area (Å²) in [6, 6.07) is 0.358. The second-order valence-electron chi connectivity index (χ2n) is 8.61. The first-order chi connectivity index (χ1) is 15.7. The molecule has 3 heterocycles. The summed E-state index contributed by atoms with van der Waals surface area (Å²) >= 11 is 0. The Morgan fingerprint density at radius 3 is 2.48 bits per heavy atom. The Bertz CT molecular complexity index is 1100. The molecule has 0 unspecified atom stereocenters. The van der Waals surface area contributed by atoms with Crippen molar-refractivity contribution in [3.05, 3.63) is 53.5 Å². The number of rotatable bonds is 8. The highest BCUT2D eigenvalue weighted by atomic mass is 32.2. The number of carbonyl (C=O) groups excluding carboxylic acids is 1. The lowest BCUT2D eigenvalue weighted by molar-refractivity contribution is 0.0928. The van der Waals surface area contributed by atoms with Gasteiger partial charge in [-0.3, -0.25) is 4.79 Å². The predicted octanol–water partition coefficient (Wildman–Crippen LogP) is 1.96. The van der Waals surface area contributed by atoms with Gasteiger partial charge in [0.1, 0.15) is 5.82 Å². The lowest BCUT2D eigenvalue weighted by Crippen LogP contribution is -2.51. The number of nitrogens with two attached hydrogens (primary N) is 1. The van der Waals surface area contributed by atoms with Gasteiger partial charge >= 0.3 is 0 Å². The zero-order chi connectivity index (χ0) is 23.8. The van der Waals surface area contributed by atoms with Crippen molar-refractivity contribution in [1.29, 1.82) is 0 Å². The molecule has 2 aromatic rings. The van der Waals surface area contributed by atoms with Crippen molar-refractivity contribution < 1.29 is 30.8 Å². The number of aromatic nitrogens is 1. The number of benzene rings is 1. The van der Waals surface area contributed by atoms with E-state index in [-0.39, 0.29) is 48.0 Å². The fraction of sp³-hybridized carbons (Fsp3) is 0.524. The number of nitrogens with one attached hydrogen (secondary N) is 1. The molecule has 2 fully saturated rings. The van der Waals surface area contributed by atoms with Crippen molar-refractivity contribution in [2.75, 3.05) is 12.3 Å². The Balaban J connectivity index is 1.35. The Morgan fingerprint density at radius 1 is 1.18 bits per heavy atom. The number of halogens is 3.